The fourth-order valence-electron chi connectivity index (χ4n) is 0.586. The van der Waals surface area contributed by atoms with Gasteiger partial charge >= 0.3 is 0 Å². The Morgan fingerprint density at radius 2 is 2.45 bits per heavy atom. The number of thioether (sulfide) groups is 1. The summed E-state index contributed by atoms with van der Waals surface area (Å²) in [7, 11) is 0. The van der Waals surface area contributed by atoms with Gasteiger partial charge < -0.3 is 5.73 Å². The first kappa shape index (κ1) is 8.96. The van der Waals surface area contributed by atoms with E-state index >= 15 is 0 Å². The van der Waals surface area contributed by atoms with Crippen LogP contribution in [-0.4, -0.2) is 21.7 Å². The second-order valence-electron chi connectivity index (χ2n) is 1.97. The Kier molecular flexibility index (Phi) is 3.82. The van der Waals surface area contributed by atoms with Gasteiger partial charge in [0.1, 0.15) is 5.82 Å². The van der Waals surface area contributed by atoms with E-state index in [0.29, 0.717) is 6.54 Å². The molecule has 0 amide bonds. The summed E-state index contributed by atoms with van der Waals surface area (Å²) < 4.78 is 5.19. The fourth-order valence-corrected chi connectivity index (χ4v) is 2.12. The Balaban J connectivity index is 2.44. The molecule has 0 aliphatic rings. The summed E-state index contributed by atoms with van der Waals surface area (Å²) in [4.78, 5) is 4.28. The molecule has 0 bridgehead atoms. The van der Waals surface area contributed by atoms with Gasteiger partial charge in [-0.15, -0.1) is 0 Å². The molecule has 0 aromatic carbocycles. The van der Waals surface area contributed by atoms with Crippen LogP contribution in [0.5, 0.6) is 0 Å². The van der Waals surface area contributed by atoms with E-state index < -0.39 is 0 Å². The zero-order valence-corrected chi connectivity index (χ0v) is 8.04. The van der Waals surface area contributed by atoms with E-state index in [-0.39, 0.29) is 0 Å². The summed E-state index contributed by atoms with van der Waals surface area (Å²) in [5.74, 6) is 1.87. The molecule has 1 heterocycles. The second kappa shape index (κ2) is 4.69. The Labute approximate surface area is 74.6 Å². The molecule has 0 fully saturated rings. The highest BCUT2D eigenvalue weighted by atomic mass is 32.2. The average molecular weight is 189 g/mol. The summed E-state index contributed by atoms with van der Waals surface area (Å²) in [5.41, 5.74) is 5.35. The quantitative estimate of drug-likeness (QED) is 0.722. The van der Waals surface area contributed by atoms with Crippen molar-refractivity contribution in [2.24, 2.45) is 5.73 Å². The topological polar surface area (TPSA) is 51.8 Å². The van der Waals surface area contributed by atoms with Crippen LogP contribution in [0.25, 0.3) is 0 Å². The van der Waals surface area contributed by atoms with Gasteiger partial charge in [0.15, 0.2) is 4.34 Å². The SMILES string of the molecule is CCc1nsc(SCCN)n1. The zero-order chi connectivity index (χ0) is 8.10. The third-order valence-electron chi connectivity index (χ3n) is 1.11. The molecule has 0 atom stereocenters. The number of nitrogens with two attached hydrogens (primary N) is 1. The minimum atomic E-state index is 0.700. The largest absolute Gasteiger partial charge is 0.330 e. The van der Waals surface area contributed by atoms with Crippen molar-refractivity contribution in [1.82, 2.24) is 9.36 Å². The second-order valence-corrected chi connectivity index (χ2v) is 4.06. The predicted molar refractivity (Wildman–Crippen MR) is 49.1 cm³/mol. The van der Waals surface area contributed by atoms with Crippen molar-refractivity contribution in [3.63, 3.8) is 0 Å². The molecular formula is C6H11N3S2. The predicted octanol–water partition coefficient (Wildman–Crippen LogP) is 1.15. The van der Waals surface area contributed by atoms with Crippen molar-refractivity contribution in [2.75, 3.05) is 12.3 Å². The third-order valence-corrected chi connectivity index (χ3v) is 3.01. The summed E-state index contributed by atoms with van der Waals surface area (Å²) in [6.07, 6.45) is 0.916. The van der Waals surface area contributed by atoms with Gasteiger partial charge in [0.05, 0.1) is 0 Å². The minimum absolute atomic E-state index is 0.700. The monoisotopic (exact) mass is 189 g/mol. The van der Waals surface area contributed by atoms with Gasteiger partial charge in [-0.2, -0.15) is 4.37 Å². The Hall–Kier alpha value is -0.130. The standard InChI is InChI=1S/C6H11N3S2/c1-2-5-8-6(11-9-5)10-4-3-7/h2-4,7H2,1H3. The summed E-state index contributed by atoms with van der Waals surface area (Å²) in [6, 6.07) is 0. The van der Waals surface area contributed by atoms with Crippen molar-refractivity contribution >= 4 is 23.3 Å². The Morgan fingerprint density at radius 1 is 1.64 bits per heavy atom. The maximum atomic E-state index is 5.35. The number of aromatic nitrogens is 2. The zero-order valence-electron chi connectivity index (χ0n) is 6.41. The summed E-state index contributed by atoms with van der Waals surface area (Å²) >= 11 is 3.14. The number of aryl methyl sites for hydroxylation is 1. The molecular weight excluding hydrogens is 178 g/mol. The lowest BCUT2D eigenvalue weighted by Crippen LogP contribution is -2.00. The van der Waals surface area contributed by atoms with Crippen LogP contribution in [0.2, 0.25) is 0 Å². The molecule has 3 nitrogen and oxygen atoms in total. The van der Waals surface area contributed by atoms with Crippen LogP contribution >= 0.6 is 23.3 Å². The maximum absolute atomic E-state index is 5.35. The van der Waals surface area contributed by atoms with Gasteiger partial charge in [-0.25, -0.2) is 4.98 Å². The van der Waals surface area contributed by atoms with Crippen LogP contribution < -0.4 is 5.73 Å². The van der Waals surface area contributed by atoms with Crippen LogP contribution in [-0.2, 0) is 6.42 Å². The normalized spacial score (nSPS) is 10.4. The average Bonchev–Trinajstić information content (AvgIpc) is 2.48. The lowest BCUT2D eigenvalue weighted by molar-refractivity contribution is 0.971. The van der Waals surface area contributed by atoms with E-state index in [4.69, 9.17) is 5.73 Å². The van der Waals surface area contributed by atoms with Gasteiger partial charge in [0.25, 0.3) is 0 Å². The minimum Gasteiger partial charge on any atom is -0.330 e. The molecule has 2 N–H and O–H groups in total. The van der Waals surface area contributed by atoms with Crippen LogP contribution in [0, 0.1) is 0 Å². The summed E-state index contributed by atoms with van der Waals surface area (Å²) in [6.45, 7) is 2.76. The Bertz CT molecular complexity index is 211. The maximum Gasteiger partial charge on any atom is 0.170 e. The van der Waals surface area contributed by atoms with Crippen LogP contribution in [0.3, 0.4) is 0 Å². The van der Waals surface area contributed by atoms with Crippen LogP contribution in [0.1, 0.15) is 12.7 Å². The van der Waals surface area contributed by atoms with Gasteiger partial charge in [0.2, 0.25) is 0 Å². The van der Waals surface area contributed by atoms with Gasteiger partial charge in [-0.05, 0) is 11.5 Å². The molecule has 0 unspecified atom stereocenters. The first-order valence-electron chi connectivity index (χ1n) is 3.52. The highest BCUT2D eigenvalue weighted by Crippen LogP contribution is 2.19. The Morgan fingerprint density at radius 3 is 3.00 bits per heavy atom. The molecule has 5 heteroatoms. The molecule has 0 saturated heterocycles. The fraction of sp³-hybridized carbons (Fsp3) is 0.667. The smallest absolute Gasteiger partial charge is 0.170 e. The molecule has 11 heavy (non-hydrogen) atoms. The number of hydrogen-bond acceptors (Lipinski definition) is 5. The molecule has 0 aliphatic heterocycles. The van der Waals surface area contributed by atoms with Crippen LogP contribution in [0.15, 0.2) is 4.34 Å². The first-order chi connectivity index (χ1) is 5.36. The lowest BCUT2D eigenvalue weighted by Gasteiger charge is -1.89. The molecule has 62 valence electrons. The van der Waals surface area contributed by atoms with E-state index in [1.807, 2.05) is 0 Å². The molecule has 0 radical (unpaired) electrons. The highest BCUT2D eigenvalue weighted by molar-refractivity contribution is 8.00. The number of rotatable bonds is 4. The molecule has 0 saturated carbocycles. The van der Waals surface area contributed by atoms with Crippen molar-refractivity contribution in [1.29, 1.82) is 0 Å². The molecule has 1 aromatic rings. The highest BCUT2D eigenvalue weighted by Gasteiger charge is 2.00. The summed E-state index contributed by atoms with van der Waals surface area (Å²) in [5, 5.41) is 0. The molecule has 0 spiro atoms. The lowest BCUT2D eigenvalue weighted by atomic mass is 10.5. The van der Waals surface area contributed by atoms with Crippen molar-refractivity contribution < 1.29 is 0 Å². The molecule has 1 rings (SSSR count). The van der Waals surface area contributed by atoms with Crippen molar-refractivity contribution in [3.05, 3.63) is 5.82 Å². The van der Waals surface area contributed by atoms with Crippen molar-refractivity contribution in [3.8, 4) is 0 Å². The third kappa shape index (κ3) is 2.76. The van der Waals surface area contributed by atoms with E-state index in [1.54, 1.807) is 11.8 Å². The number of hydrogen-bond donors (Lipinski definition) is 1. The van der Waals surface area contributed by atoms with Gasteiger partial charge in [0, 0.05) is 18.7 Å². The van der Waals surface area contributed by atoms with Crippen LogP contribution in [0.4, 0.5) is 0 Å². The van der Waals surface area contributed by atoms with E-state index in [9.17, 15) is 0 Å². The molecule has 0 aliphatic carbocycles. The van der Waals surface area contributed by atoms with Crippen molar-refractivity contribution in [2.45, 2.75) is 17.7 Å². The van der Waals surface area contributed by atoms with Gasteiger partial charge in [-0.3, -0.25) is 0 Å². The molecule has 1 aromatic heterocycles. The van der Waals surface area contributed by atoms with E-state index in [1.165, 1.54) is 11.5 Å². The van der Waals surface area contributed by atoms with E-state index in [0.717, 1.165) is 22.3 Å². The van der Waals surface area contributed by atoms with Gasteiger partial charge in [-0.1, -0.05) is 18.7 Å². The number of nitrogens with zero attached hydrogens (tertiary/aromatic N) is 2. The van der Waals surface area contributed by atoms with E-state index in [2.05, 4.69) is 16.3 Å². The first-order valence-corrected chi connectivity index (χ1v) is 5.28.